The molecular weight excluding hydrogens is 264 g/mol. The second kappa shape index (κ2) is 5.10. The van der Waals surface area contributed by atoms with Crippen molar-refractivity contribution in [2.45, 2.75) is 38.3 Å². The molecule has 19 heavy (non-hydrogen) atoms. The van der Waals surface area contributed by atoms with Crippen LogP contribution in [0.5, 0.6) is 0 Å². The zero-order valence-electron chi connectivity index (χ0n) is 10.6. The van der Waals surface area contributed by atoms with E-state index >= 15 is 0 Å². The highest BCUT2D eigenvalue weighted by Gasteiger charge is 2.40. The lowest BCUT2D eigenvalue weighted by atomic mass is 10.1. The van der Waals surface area contributed by atoms with Crippen LogP contribution in [0, 0.1) is 22.0 Å². The Morgan fingerprint density at radius 3 is 2.42 bits per heavy atom. The SMILES string of the molecule is O=[N+]([O-])c1ccc(CNC(C2CC2)C2CC2)c(Cl)c1. The summed E-state index contributed by atoms with van der Waals surface area (Å²) in [5, 5.41) is 14.7. The van der Waals surface area contributed by atoms with Gasteiger partial charge in [-0.05, 0) is 49.1 Å². The molecule has 0 heterocycles. The number of hydrogen-bond acceptors (Lipinski definition) is 3. The number of nitrogens with zero attached hydrogens (tertiary/aromatic N) is 1. The zero-order chi connectivity index (χ0) is 13.4. The molecule has 4 nitrogen and oxygen atoms in total. The fraction of sp³-hybridized carbons (Fsp3) is 0.571. The van der Waals surface area contributed by atoms with Crippen LogP contribution in [0.25, 0.3) is 0 Å². The van der Waals surface area contributed by atoms with Crippen molar-refractivity contribution >= 4 is 17.3 Å². The summed E-state index contributed by atoms with van der Waals surface area (Å²) in [5.74, 6) is 1.67. The maximum absolute atomic E-state index is 10.7. The lowest BCUT2D eigenvalue weighted by Crippen LogP contribution is -2.32. The van der Waals surface area contributed by atoms with Crippen molar-refractivity contribution in [2.24, 2.45) is 11.8 Å². The third-order valence-electron chi connectivity index (χ3n) is 4.04. The third kappa shape index (κ3) is 3.07. The molecule has 0 atom stereocenters. The second-order valence-corrected chi connectivity index (χ2v) is 6.02. The highest BCUT2D eigenvalue weighted by molar-refractivity contribution is 6.31. The molecule has 0 bridgehead atoms. The maximum Gasteiger partial charge on any atom is 0.270 e. The molecular formula is C14H17ClN2O2. The van der Waals surface area contributed by atoms with Crippen LogP contribution < -0.4 is 5.32 Å². The van der Waals surface area contributed by atoms with Gasteiger partial charge >= 0.3 is 0 Å². The number of nitrogens with one attached hydrogen (secondary N) is 1. The molecule has 0 saturated heterocycles. The predicted octanol–water partition coefficient (Wildman–Crippen LogP) is 3.53. The summed E-state index contributed by atoms with van der Waals surface area (Å²) in [6, 6.07) is 5.32. The number of non-ortho nitro benzene ring substituents is 1. The average molecular weight is 281 g/mol. The average Bonchev–Trinajstić information content (AvgIpc) is 3.25. The summed E-state index contributed by atoms with van der Waals surface area (Å²) in [7, 11) is 0. The number of benzene rings is 1. The molecule has 0 aliphatic heterocycles. The molecule has 1 aromatic carbocycles. The van der Waals surface area contributed by atoms with Gasteiger partial charge in [-0.15, -0.1) is 0 Å². The van der Waals surface area contributed by atoms with Crippen LogP contribution in [0.2, 0.25) is 5.02 Å². The third-order valence-corrected chi connectivity index (χ3v) is 4.39. The first-order valence-corrected chi connectivity index (χ1v) is 7.19. The highest BCUT2D eigenvalue weighted by Crippen LogP contribution is 2.44. The first-order chi connectivity index (χ1) is 9.15. The van der Waals surface area contributed by atoms with Crippen molar-refractivity contribution in [1.29, 1.82) is 0 Å². The molecule has 1 N–H and O–H groups in total. The van der Waals surface area contributed by atoms with Crippen LogP contribution in [0.4, 0.5) is 5.69 Å². The number of halogens is 1. The number of rotatable bonds is 6. The number of hydrogen-bond donors (Lipinski definition) is 1. The Bertz CT molecular complexity index is 486. The Morgan fingerprint density at radius 1 is 1.32 bits per heavy atom. The van der Waals surface area contributed by atoms with E-state index in [9.17, 15) is 10.1 Å². The Kier molecular flexibility index (Phi) is 3.46. The Morgan fingerprint density at radius 2 is 1.95 bits per heavy atom. The van der Waals surface area contributed by atoms with Crippen LogP contribution in [0.15, 0.2) is 18.2 Å². The minimum Gasteiger partial charge on any atom is -0.309 e. The van der Waals surface area contributed by atoms with Gasteiger partial charge in [-0.25, -0.2) is 0 Å². The van der Waals surface area contributed by atoms with Crippen molar-refractivity contribution in [3.05, 3.63) is 38.9 Å². The molecule has 5 heteroatoms. The molecule has 0 radical (unpaired) electrons. The van der Waals surface area contributed by atoms with Crippen LogP contribution in [-0.2, 0) is 6.54 Å². The summed E-state index contributed by atoms with van der Waals surface area (Å²) < 4.78 is 0. The van der Waals surface area contributed by atoms with Gasteiger partial charge < -0.3 is 5.32 Å². The molecule has 2 aliphatic rings. The molecule has 0 spiro atoms. The summed E-state index contributed by atoms with van der Waals surface area (Å²) in [4.78, 5) is 10.2. The van der Waals surface area contributed by atoms with Crippen LogP contribution in [0.1, 0.15) is 31.2 Å². The molecule has 1 aromatic rings. The fourth-order valence-electron chi connectivity index (χ4n) is 2.65. The standard InChI is InChI=1S/C14H17ClN2O2/c15-13-7-12(17(18)19)6-5-11(13)8-16-14(9-1-2-9)10-3-4-10/h5-7,9-10,14,16H,1-4,8H2. The maximum atomic E-state index is 10.7. The summed E-state index contributed by atoms with van der Waals surface area (Å²) in [6.45, 7) is 0.703. The predicted molar refractivity (Wildman–Crippen MR) is 74.2 cm³/mol. The lowest BCUT2D eigenvalue weighted by molar-refractivity contribution is -0.384. The van der Waals surface area contributed by atoms with Gasteiger partial charge in [0.05, 0.1) is 9.95 Å². The van der Waals surface area contributed by atoms with Crippen molar-refractivity contribution in [3.63, 3.8) is 0 Å². The molecule has 2 fully saturated rings. The summed E-state index contributed by atoms with van der Waals surface area (Å²) >= 11 is 6.10. The van der Waals surface area contributed by atoms with E-state index in [0.29, 0.717) is 17.6 Å². The van der Waals surface area contributed by atoms with Gasteiger partial charge in [0.15, 0.2) is 0 Å². The van der Waals surface area contributed by atoms with Crippen molar-refractivity contribution in [1.82, 2.24) is 5.32 Å². The van der Waals surface area contributed by atoms with Crippen molar-refractivity contribution in [2.75, 3.05) is 0 Å². The molecule has 0 unspecified atom stereocenters. The minimum absolute atomic E-state index is 0.0506. The zero-order valence-corrected chi connectivity index (χ0v) is 11.4. The van der Waals surface area contributed by atoms with Gasteiger partial charge in [-0.3, -0.25) is 10.1 Å². The molecule has 2 saturated carbocycles. The molecule has 3 rings (SSSR count). The number of nitro groups is 1. The van der Waals surface area contributed by atoms with E-state index in [4.69, 9.17) is 11.6 Å². The largest absolute Gasteiger partial charge is 0.309 e. The van der Waals surface area contributed by atoms with Gasteiger partial charge in [0.25, 0.3) is 5.69 Å². The fourth-order valence-corrected chi connectivity index (χ4v) is 2.89. The van der Waals surface area contributed by atoms with E-state index in [1.54, 1.807) is 6.07 Å². The quantitative estimate of drug-likeness (QED) is 0.641. The topological polar surface area (TPSA) is 55.2 Å². The van der Waals surface area contributed by atoms with Gasteiger partial charge in [0.1, 0.15) is 0 Å². The van der Waals surface area contributed by atoms with Crippen LogP contribution in [0.3, 0.4) is 0 Å². The smallest absolute Gasteiger partial charge is 0.270 e. The molecule has 0 amide bonds. The van der Waals surface area contributed by atoms with E-state index in [2.05, 4.69) is 5.32 Å². The molecule has 2 aliphatic carbocycles. The molecule has 102 valence electrons. The van der Waals surface area contributed by atoms with Gasteiger partial charge in [-0.1, -0.05) is 11.6 Å². The Labute approximate surface area is 117 Å². The van der Waals surface area contributed by atoms with E-state index in [0.717, 1.165) is 17.4 Å². The van der Waals surface area contributed by atoms with Crippen molar-refractivity contribution < 1.29 is 4.92 Å². The second-order valence-electron chi connectivity index (χ2n) is 5.61. The highest BCUT2D eigenvalue weighted by atomic mass is 35.5. The first-order valence-electron chi connectivity index (χ1n) is 6.81. The monoisotopic (exact) mass is 280 g/mol. The van der Waals surface area contributed by atoms with Crippen LogP contribution in [-0.4, -0.2) is 11.0 Å². The first kappa shape index (κ1) is 12.9. The molecule has 0 aromatic heterocycles. The van der Waals surface area contributed by atoms with Gasteiger partial charge in [-0.2, -0.15) is 0 Å². The van der Waals surface area contributed by atoms with E-state index in [1.807, 2.05) is 0 Å². The van der Waals surface area contributed by atoms with E-state index in [1.165, 1.54) is 37.8 Å². The number of nitro benzene ring substituents is 1. The van der Waals surface area contributed by atoms with Crippen LogP contribution >= 0.6 is 11.6 Å². The summed E-state index contributed by atoms with van der Waals surface area (Å²) in [5.41, 5.74) is 0.994. The normalized spacial score (nSPS) is 18.8. The van der Waals surface area contributed by atoms with Gasteiger partial charge in [0, 0.05) is 24.7 Å². The van der Waals surface area contributed by atoms with Gasteiger partial charge in [0.2, 0.25) is 0 Å². The van der Waals surface area contributed by atoms with Crippen molar-refractivity contribution in [3.8, 4) is 0 Å². The lowest BCUT2D eigenvalue weighted by Gasteiger charge is -2.18. The van der Waals surface area contributed by atoms with E-state index < -0.39 is 4.92 Å². The summed E-state index contributed by atoms with van der Waals surface area (Å²) in [6.07, 6.45) is 5.34. The van der Waals surface area contributed by atoms with E-state index in [-0.39, 0.29) is 5.69 Å². The minimum atomic E-state index is -0.416. The Hall–Kier alpha value is -1.13. The Balaban J connectivity index is 1.64.